The van der Waals surface area contributed by atoms with Crippen LogP contribution in [-0.2, 0) is 0 Å². The Morgan fingerprint density at radius 2 is 1.74 bits per heavy atom. The first-order chi connectivity index (χ1) is 15.0. The first kappa shape index (κ1) is 19.0. The lowest BCUT2D eigenvalue weighted by atomic mass is 10.1. The standard InChI is InChI=1S/C22H16N6O2S/c1-13-11-12-27-21(23-13)25-19(26-27)20(30)28(16-9-7-15(8-10-16)14(2)29)22-24-17-5-3-4-6-18(17)31-22/h3-12H,1-2H3. The van der Waals surface area contributed by atoms with Gasteiger partial charge in [0.25, 0.3) is 5.78 Å². The van der Waals surface area contributed by atoms with E-state index in [9.17, 15) is 9.59 Å². The van der Waals surface area contributed by atoms with Gasteiger partial charge in [-0.1, -0.05) is 23.5 Å². The van der Waals surface area contributed by atoms with Gasteiger partial charge in [-0.25, -0.2) is 19.4 Å². The fraction of sp³-hybridized carbons (Fsp3) is 0.0909. The van der Waals surface area contributed by atoms with Crippen molar-refractivity contribution in [1.29, 1.82) is 0 Å². The molecular weight excluding hydrogens is 412 g/mol. The molecule has 8 nitrogen and oxygen atoms in total. The molecule has 0 spiro atoms. The van der Waals surface area contributed by atoms with Crippen molar-refractivity contribution in [2.45, 2.75) is 13.8 Å². The van der Waals surface area contributed by atoms with E-state index in [1.54, 1.807) is 36.5 Å². The van der Waals surface area contributed by atoms with E-state index in [1.165, 1.54) is 27.7 Å². The molecule has 0 saturated carbocycles. The van der Waals surface area contributed by atoms with Crippen molar-refractivity contribution < 1.29 is 9.59 Å². The van der Waals surface area contributed by atoms with Crippen molar-refractivity contribution in [3.8, 4) is 0 Å². The zero-order chi connectivity index (χ0) is 21.5. The van der Waals surface area contributed by atoms with Gasteiger partial charge in [0.2, 0.25) is 5.82 Å². The van der Waals surface area contributed by atoms with Crippen molar-refractivity contribution in [2.75, 3.05) is 4.90 Å². The fourth-order valence-electron chi connectivity index (χ4n) is 3.17. The largest absolute Gasteiger partial charge is 0.304 e. The van der Waals surface area contributed by atoms with E-state index in [0.717, 1.165) is 15.9 Å². The molecule has 9 heteroatoms. The van der Waals surface area contributed by atoms with E-state index < -0.39 is 5.91 Å². The Labute approximate surface area is 180 Å². The van der Waals surface area contributed by atoms with Gasteiger partial charge in [0.1, 0.15) is 0 Å². The predicted molar refractivity (Wildman–Crippen MR) is 118 cm³/mol. The SMILES string of the molecule is CC(=O)c1ccc(N(C(=O)c2nc3nc(C)ccn3n2)c2nc3ccccc3s2)cc1. The number of hydrogen-bond donors (Lipinski definition) is 0. The number of para-hydroxylation sites is 1. The van der Waals surface area contributed by atoms with Gasteiger partial charge in [-0.05, 0) is 56.3 Å². The van der Waals surface area contributed by atoms with E-state index in [4.69, 9.17) is 0 Å². The third-order valence-electron chi connectivity index (χ3n) is 4.75. The number of aryl methyl sites for hydroxylation is 1. The second-order valence-electron chi connectivity index (χ2n) is 6.96. The molecule has 1 amide bonds. The van der Waals surface area contributed by atoms with E-state index in [-0.39, 0.29) is 11.6 Å². The highest BCUT2D eigenvalue weighted by Crippen LogP contribution is 2.34. The molecule has 5 aromatic rings. The summed E-state index contributed by atoms with van der Waals surface area (Å²) in [6, 6.07) is 16.3. The number of ketones is 1. The van der Waals surface area contributed by atoms with Crippen LogP contribution in [0.15, 0.2) is 60.8 Å². The summed E-state index contributed by atoms with van der Waals surface area (Å²) in [5, 5.41) is 4.79. The van der Waals surface area contributed by atoms with Gasteiger partial charge in [-0.3, -0.25) is 9.59 Å². The van der Waals surface area contributed by atoms with Crippen LogP contribution in [0.25, 0.3) is 16.0 Å². The van der Waals surface area contributed by atoms with Gasteiger partial charge in [0.15, 0.2) is 10.9 Å². The third kappa shape index (κ3) is 3.44. The van der Waals surface area contributed by atoms with Crippen LogP contribution in [0.2, 0.25) is 0 Å². The van der Waals surface area contributed by atoms with Crippen LogP contribution in [0.3, 0.4) is 0 Å². The third-order valence-corrected chi connectivity index (χ3v) is 5.77. The molecule has 5 rings (SSSR count). The van der Waals surface area contributed by atoms with Crippen LogP contribution in [0.4, 0.5) is 10.8 Å². The van der Waals surface area contributed by atoms with Crippen molar-refractivity contribution >= 4 is 49.8 Å². The zero-order valence-electron chi connectivity index (χ0n) is 16.7. The number of hydrogen-bond acceptors (Lipinski definition) is 7. The van der Waals surface area contributed by atoms with E-state index >= 15 is 0 Å². The molecule has 0 saturated heterocycles. The molecule has 0 radical (unpaired) electrons. The summed E-state index contributed by atoms with van der Waals surface area (Å²) in [7, 11) is 0. The lowest BCUT2D eigenvalue weighted by Gasteiger charge is -2.18. The smallest absolute Gasteiger partial charge is 0.295 e. The molecule has 0 N–H and O–H groups in total. The molecule has 2 aromatic carbocycles. The molecule has 0 unspecified atom stereocenters. The number of carbonyl (C=O) groups is 2. The minimum atomic E-state index is -0.433. The van der Waals surface area contributed by atoms with Gasteiger partial charge in [-0.15, -0.1) is 5.10 Å². The second-order valence-corrected chi connectivity index (χ2v) is 7.97. The van der Waals surface area contributed by atoms with Gasteiger partial charge in [0.05, 0.1) is 15.9 Å². The molecule has 0 atom stereocenters. The van der Waals surface area contributed by atoms with Crippen LogP contribution < -0.4 is 4.90 Å². The summed E-state index contributed by atoms with van der Waals surface area (Å²) in [4.78, 5) is 40.0. The van der Waals surface area contributed by atoms with Crippen molar-refractivity contribution in [2.24, 2.45) is 0 Å². The number of nitrogens with zero attached hydrogens (tertiary/aromatic N) is 6. The summed E-state index contributed by atoms with van der Waals surface area (Å²) in [5.41, 5.74) is 2.70. The Morgan fingerprint density at radius 3 is 2.48 bits per heavy atom. The topological polar surface area (TPSA) is 93.4 Å². The first-order valence-electron chi connectivity index (χ1n) is 9.51. The Morgan fingerprint density at radius 1 is 0.968 bits per heavy atom. The quantitative estimate of drug-likeness (QED) is 0.398. The number of Topliss-reactive ketones (excluding diaryl/α,β-unsaturated/α-hetero) is 1. The Kier molecular flexibility index (Phi) is 4.52. The lowest BCUT2D eigenvalue weighted by molar-refractivity contribution is 0.0988. The number of fused-ring (bicyclic) bond motifs is 2. The molecule has 152 valence electrons. The summed E-state index contributed by atoms with van der Waals surface area (Å²) in [6.07, 6.45) is 1.71. The average Bonchev–Trinajstić information content (AvgIpc) is 3.37. The van der Waals surface area contributed by atoms with Crippen molar-refractivity contribution in [3.63, 3.8) is 0 Å². The predicted octanol–water partition coefficient (Wildman–Crippen LogP) is 4.22. The molecule has 0 aliphatic rings. The van der Waals surface area contributed by atoms with E-state index in [2.05, 4.69) is 20.1 Å². The van der Waals surface area contributed by atoms with Gasteiger partial charge < -0.3 is 0 Å². The van der Waals surface area contributed by atoms with Gasteiger partial charge in [0, 0.05) is 17.5 Å². The molecule has 0 aliphatic carbocycles. The molecule has 0 aliphatic heterocycles. The molecule has 0 fully saturated rings. The molecular formula is C22H16N6O2S. The summed E-state index contributed by atoms with van der Waals surface area (Å²) in [6.45, 7) is 3.35. The minimum absolute atomic E-state index is 0.00741. The van der Waals surface area contributed by atoms with E-state index in [1.807, 2.05) is 31.2 Å². The molecule has 3 aromatic heterocycles. The van der Waals surface area contributed by atoms with Crippen molar-refractivity contribution in [3.05, 3.63) is 77.9 Å². The maximum absolute atomic E-state index is 13.6. The minimum Gasteiger partial charge on any atom is -0.295 e. The number of anilines is 2. The van der Waals surface area contributed by atoms with Crippen LogP contribution in [0.1, 0.15) is 33.6 Å². The highest BCUT2D eigenvalue weighted by Gasteiger charge is 2.27. The summed E-state index contributed by atoms with van der Waals surface area (Å²) < 4.78 is 2.42. The maximum Gasteiger partial charge on any atom is 0.304 e. The highest BCUT2D eigenvalue weighted by molar-refractivity contribution is 7.22. The molecule has 0 bridgehead atoms. The first-order valence-corrected chi connectivity index (χ1v) is 10.3. The van der Waals surface area contributed by atoms with Crippen LogP contribution in [-0.4, -0.2) is 36.3 Å². The molecule has 3 heterocycles. The number of thiazole rings is 1. The van der Waals surface area contributed by atoms with Crippen molar-refractivity contribution in [1.82, 2.24) is 24.6 Å². The van der Waals surface area contributed by atoms with Crippen LogP contribution in [0, 0.1) is 6.92 Å². The van der Waals surface area contributed by atoms with Crippen LogP contribution in [0.5, 0.6) is 0 Å². The number of rotatable bonds is 4. The number of benzene rings is 2. The lowest BCUT2D eigenvalue weighted by Crippen LogP contribution is -2.27. The Balaban J connectivity index is 1.64. The number of aromatic nitrogens is 5. The highest BCUT2D eigenvalue weighted by atomic mass is 32.1. The number of amides is 1. The summed E-state index contributed by atoms with van der Waals surface area (Å²) >= 11 is 1.39. The Bertz CT molecular complexity index is 1420. The second kappa shape index (κ2) is 7.37. The summed E-state index contributed by atoms with van der Waals surface area (Å²) in [5.74, 6) is -0.127. The molecule has 31 heavy (non-hydrogen) atoms. The van der Waals surface area contributed by atoms with Gasteiger partial charge in [-0.2, -0.15) is 4.98 Å². The maximum atomic E-state index is 13.6. The number of carbonyl (C=O) groups excluding carboxylic acids is 2. The zero-order valence-corrected chi connectivity index (χ0v) is 17.5. The fourth-order valence-corrected chi connectivity index (χ4v) is 4.16. The normalized spacial score (nSPS) is 11.2. The van der Waals surface area contributed by atoms with E-state index in [0.29, 0.717) is 22.2 Å². The average molecular weight is 428 g/mol. The monoisotopic (exact) mass is 428 g/mol. The van der Waals surface area contributed by atoms with Crippen LogP contribution >= 0.6 is 11.3 Å². The Hall–Kier alpha value is -3.98. The van der Waals surface area contributed by atoms with Gasteiger partial charge >= 0.3 is 5.91 Å².